The third kappa shape index (κ3) is 4.36. The van der Waals surface area contributed by atoms with Gasteiger partial charge >= 0.3 is 0 Å². The van der Waals surface area contributed by atoms with E-state index in [4.69, 9.17) is 33.0 Å². The van der Waals surface area contributed by atoms with Crippen LogP contribution in [0, 0.1) is 20.8 Å². The Morgan fingerprint density at radius 2 is 1.81 bits per heavy atom. The van der Waals surface area contributed by atoms with Crippen molar-refractivity contribution in [3.8, 4) is 5.75 Å². The molecule has 1 fully saturated rings. The monoisotopic (exact) mass is 452 g/mol. The molecule has 0 spiro atoms. The number of rotatable bonds is 5. The first kappa shape index (κ1) is 21.2. The van der Waals surface area contributed by atoms with E-state index in [1.165, 1.54) is 4.90 Å². The summed E-state index contributed by atoms with van der Waals surface area (Å²) in [5.74, 6) is 1.68. The average molecular weight is 453 g/mol. The summed E-state index contributed by atoms with van der Waals surface area (Å²) in [6.07, 6.45) is 1.65. The van der Waals surface area contributed by atoms with E-state index in [1.54, 1.807) is 12.1 Å². The zero-order chi connectivity index (χ0) is 22.1. The lowest BCUT2D eigenvalue weighted by Gasteiger charge is -2.16. The maximum absolute atomic E-state index is 12.9. The second kappa shape index (κ2) is 8.57. The molecule has 1 aliphatic rings. The second-order valence-corrected chi connectivity index (χ2v) is 8.14. The van der Waals surface area contributed by atoms with E-state index in [2.05, 4.69) is 5.32 Å². The minimum absolute atomic E-state index is 0.222. The Morgan fingerprint density at radius 1 is 1.10 bits per heavy atom. The van der Waals surface area contributed by atoms with Gasteiger partial charge in [-0.1, -0.05) is 29.8 Å². The number of anilines is 1. The number of hydrogen-bond donors (Lipinski definition) is 1. The summed E-state index contributed by atoms with van der Waals surface area (Å²) in [6.45, 7) is 6.08. The van der Waals surface area contributed by atoms with Crippen LogP contribution < -0.4 is 15.0 Å². The molecule has 158 valence electrons. The van der Waals surface area contributed by atoms with Crippen molar-refractivity contribution in [3.63, 3.8) is 0 Å². The SMILES string of the molecule is Cc1ccccc1N1C(=O)/C(=C\c2ccc(COc3cc(C)c(Cl)c(C)c3)o2)NC1=S. The van der Waals surface area contributed by atoms with Crippen LogP contribution in [-0.4, -0.2) is 11.0 Å². The van der Waals surface area contributed by atoms with Gasteiger partial charge in [-0.25, -0.2) is 0 Å². The first-order valence-electron chi connectivity index (χ1n) is 9.74. The van der Waals surface area contributed by atoms with E-state index in [9.17, 15) is 4.79 Å². The molecule has 3 aromatic rings. The van der Waals surface area contributed by atoms with Gasteiger partial charge in [-0.05, 0) is 80.0 Å². The summed E-state index contributed by atoms with van der Waals surface area (Å²) >= 11 is 11.6. The topological polar surface area (TPSA) is 54.7 Å². The molecule has 1 aliphatic heterocycles. The lowest BCUT2D eigenvalue weighted by molar-refractivity contribution is -0.113. The number of ether oxygens (including phenoxy) is 1. The zero-order valence-electron chi connectivity index (χ0n) is 17.4. The molecule has 0 aliphatic carbocycles. The minimum atomic E-state index is -0.222. The lowest BCUT2D eigenvalue weighted by atomic mass is 10.1. The fourth-order valence-corrected chi connectivity index (χ4v) is 3.80. The highest BCUT2D eigenvalue weighted by Gasteiger charge is 2.32. The molecule has 0 unspecified atom stereocenters. The predicted molar refractivity (Wildman–Crippen MR) is 126 cm³/mol. The standard InChI is InChI=1S/C24H21ClN2O3S/c1-14-6-4-5-7-21(14)27-23(28)20(26-24(27)31)12-17-8-9-18(30-17)13-29-19-10-15(2)22(25)16(3)11-19/h4-12H,13H2,1-3H3,(H,26,31)/b20-12+. The van der Waals surface area contributed by atoms with Crippen LogP contribution in [0.5, 0.6) is 5.75 Å². The van der Waals surface area contributed by atoms with Crippen LogP contribution >= 0.6 is 23.8 Å². The van der Waals surface area contributed by atoms with E-state index in [1.807, 2.05) is 63.2 Å². The van der Waals surface area contributed by atoms with Gasteiger partial charge < -0.3 is 14.5 Å². The molecule has 1 saturated heterocycles. The van der Waals surface area contributed by atoms with E-state index >= 15 is 0 Å². The van der Waals surface area contributed by atoms with Gasteiger partial charge in [-0.15, -0.1) is 0 Å². The van der Waals surface area contributed by atoms with Gasteiger partial charge in [0.2, 0.25) is 0 Å². The van der Waals surface area contributed by atoms with Crippen molar-refractivity contribution in [1.82, 2.24) is 5.32 Å². The van der Waals surface area contributed by atoms with Crippen molar-refractivity contribution in [2.75, 3.05) is 4.90 Å². The highest BCUT2D eigenvalue weighted by molar-refractivity contribution is 7.80. The van der Waals surface area contributed by atoms with Crippen molar-refractivity contribution < 1.29 is 13.9 Å². The largest absolute Gasteiger partial charge is 0.486 e. The van der Waals surface area contributed by atoms with Crippen LogP contribution in [0.3, 0.4) is 0 Å². The molecule has 1 N–H and O–H groups in total. The molecular weight excluding hydrogens is 432 g/mol. The first-order chi connectivity index (χ1) is 14.8. The third-order valence-corrected chi connectivity index (χ3v) is 5.88. The van der Waals surface area contributed by atoms with Crippen molar-refractivity contribution >= 4 is 46.6 Å². The smallest absolute Gasteiger partial charge is 0.281 e. The number of halogens is 1. The van der Waals surface area contributed by atoms with Gasteiger partial charge in [0.05, 0.1) is 5.69 Å². The van der Waals surface area contributed by atoms with Crippen molar-refractivity contribution in [3.05, 3.63) is 87.5 Å². The normalized spacial score (nSPS) is 15.0. The molecule has 1 amide bonds. The van der Waals surface area contributed by atoms with E-state index in [-0.39, 0.29) is 12.5 Å². The van der Waals surface area contributed by atoms with Crippen LogP contribution in [0.1, 0.15) is 28.2 Å². The third-order valence-electron chi connectivity index (χ3n) is 4.99. The van der Waals surface area contributed by atoms with Crippen molar-refractivity contribution in [2.45, 2.75) is 27.4 Å². The number of aryl methyl sites for hydroxylation is 3. The van der Waals surface area contributed by atoms with Crippen LogP contribution in [0.2, 0.25) is 5.02 Å². The maximum atomic E-state index is 12.9. The Hall–Kier alpha value is -3.09. The van der Waals surface area contributed by atoms with Crippen LogP contribution in [-0.2, 0) is 11.4 Å². The fraction of sp³-hybridized carbons (Fsp3) is 0.167. The summed E-state index contributed by atoms with van der Waals surface area (Å²) in [5, 5.41) is 4.06. The van der Waals surface area contributed by atoms with Crippen LogP contribution in [0.25, 0.3) is 6.08 Å². The Morgan fingerprint density at radius 3 is 2.52 bits per heavy atom. The summed E-state index contributed by atoms with van der Waals surface area (Å²) in [5.41, 5.74) is 4.00. The molecule has 1 aromatic heterocycles. The number of benzene rings is 2. The van der Waals surface area contributed by atoms with Crippen molar-refractivity contribution in [1.29, 1.82) is 0 Å². The van der Waals surface area contributed by atoms with Gasteiger partial charge in [0.15, 0.2) is 5.11 Å². The molecule has 0 radical (unpaired) electrons. The molecule has 2 heterocycles. The summed E-state index contributed by atoms with van der Waals surface area (Å²) < 4.78 is 11.7. The Balaban J connectivity index is 1.48. The molecule has 31 heavy (non-hydrogen) atoms. The Kier molecular flexibility index (Phi) is 5.85. The predicted octanol–water partition coefficient (Wildman–Crippen LogP) is 5.70. The highest BCUT2D eigenvalue weighted by atomic mass is 35.5. The number of furan rings is 1. The Bertz CT molecular complexity index is 1190. The molecular formula is C24H21ClN2O3S. The molecule has 0 atom stereocenters. The number of nitrogens with zero attached hydrogens (tertiary/aromatic N) is 1. The number of para-hydroxylation sites is 1. The van der Waals surface area contributed by atoms with Gasteiger partial charge in [0, 0.05) is 11.1 Å². The average Bonchev–Trinajstić information content (AvgIpc) is 3.29. The van der Waals surface area contributed by atoms with Gasteiger partial charge in [0.1, 0.15) is 29.6 Å². The number of thiocarbonyl (C=S) groups is 1. The zero-order valence-corrected chi connectivity index (χ0v) is 18.9. The lowest BCUT2D eigenvalue weighted by Crippen LogP contribution is -2.30. The molecule has 2 aromatic carbocycles. The van der Waals surface area contributed by atoms with E-state index in [0.717, 1.165) is 33.1 Å². The van der Waals surface area contributed by atoms with Gasteiger partial charge in [0.25, 0.3) is 5.91 Å². The van der Waals surface area contributed by atoms with E-state index < -0.39 is 0 Å². The second-order valence-electron chi connectivity index (χ2n) is 7.38. The van der Waals surface area contributed by atoms with Crippen molar-refractivity contribution in [2.24, 2.45) is 0 Å². The fourth-order valence-electron chi connectivity index (χ4n) is 3.40. The molecule has 5 nitrogen and oxygen atoms in total. The Labute approximate surface area is 191 Å². The molecule has 7 heteroatoms. The number of hydrogen-bond acceptors (Lipinski definition) is 4. The summed E-state index contributed by atoms with van der Waals surface area (Å²) in [4.78, 5) is 14.4. The number of nitrogens with one attached hydrogen (secondary N) is 1. The summed E-state index contributed by atoms with van der Waals surface area (Å²) in [6, 6.07) is 15.0. The number of carbonyl (C=O) groups excluding carboxylic acids is 1. The molecule has 0 bridgehead atoms. The summed E-state index contributed by atoms with van der Waals surface area (Å²) in [7, 11) is 0. The number of carbonyl (C=O) groups is 1. The highest BCUT2D eigenvalue weighted by Crippen LogP contribution is 2.28. The van der Waals surface area contributed by atoms with Crippen LogP contribution in [0.4, 0.5) is 5.69 Å². The minimum Gasteiger partial charge on any atom is -0.486 e. The van der Waals surface area contributed by atoms with Crippen LogP contribution in [0.15, 0.2) is 58.6 Å². The van der Waals surface area contributed by atoms with E-state index in [0.29, 0.717) is 22.3 Å². The molecule has 0 saturated carbocycles. The quantitative estimate of drug-likeness (QED) is 0.397. The molecule has 4 rings (SSSR count). The van der Waals surface area contributed by atoms with Gasteiger partial charge in [-0.3, -0.25) is 9.69 Å². The van der Waals surface area contributed by atoms with Gasteiger partial charge in [-0.2, -0.15) is 0 Å². The first-order valence-corrected chi connectivity index (χ1v) is 10.5. The maximum Gasteiger partial charge on any atom is 0.281 e. The number of amides is 1.